The van der Waals surface area contributed by atoms with E-state index < -0.39 is 0 Å². The summed E-state index contributed by atoms with van der Waals surface area (Å²) in [6.07, 6.45) is 2.47. The van der Waals surface area contributed by atoms with E-state index in [2.05, 4.69) is 38.0 Å². The molecule has 2 aromatic rings. The smallest absolute Gasteiger partial charge is 0.191 e. The lowest BCUT2D eigenvalue weighted by Crippen LogP contribution is -2.16. The van der Waals surface area contributed by atoms with Crippen LogP contribution in [0, 0.1) is 11.3 Å². The number of methoxy groups -OCH3 is 1. The topological polar surface area (TPSA) is 50.3 Å². The molecule has 1 aromatic carbocycles. The van der Waals surface area contributed by atoms with Gasteiger partial charge >= 0.3 is 0 Å². The van der Waals surface area contributed by atoms with E-state index in [1.54, 1.807) is 36.6 Å². The molecule has 0 spiro atoms. The number of thiocarbonyl (C=S) groups is 1. The Hall–Kier alpha value is -1.68. The molecule has 0 saturated carbocycles. The van der Waals surface area contributed by atoms with Crippen molar-refractivity contribution in [2.75, 3.05) is 7.11 Å². The fourth-order valence-corrected chi connectivity index (χ4v) is 3.70. The standard InChI is InChI=1S/C18H20ClN3OS2/c1-18(2,3)15-11-22(9-5-8-20)17(25-15)21-16(24)13-10-12(19)6-7-14(13)23-4/h6-7,10-11H,5,9H2,1-4H3/b21-17-. The average Bonchev–Trinajstić information content (AvgIpc) is 2.95. The van der Waals surface area contributed by atoms with Crippen LogP contribution < -0.4 is 9.54 Å². The first-order chi connectivity index (χ1) is 11.8. The molecule has 0 aliphatic rings. The molecule has 4 nitrogen and oxygen atoms in total. The van der Waals surface area contributed by atoms with Gasteiger partial charge in [-0.15, -0.1) is 11.3 Å². The van der Waals surface area contributed by atoms with Gasteiger partial charge in [0.05, 0.1) is 25.2 Å². The summed E-state index contributed by atoms with van der Waals surface area (Å²) in [7, 11) is 1.59. The van der Waals surface area contributed by atoms with E-state index in [4.69, 9.17) is 33.8 Å². The third-order valence-corrected chi connectivity index (χ3v) is 5.51. The predicted molar refractivity (Wildman–Crippen MR) is 107 cm³/mol. The SMILES string of the molecule is COc1ccc(Cl)cc1C(=S)/N=c1\sc(C(C)(C)C)cn1CCC#N. The maximum atomic E-state index is 8.90. The van der Waals surface area contributed by atoms with E-state index in [1.807, 2.05) is 4.57 Å². The molecule has 0 amide bonds. The molecule has 0 radical (unpaired) electrons. The number of rotatable bonds is 4. The largest absolute Gasteiger partial charge is 0.496 e. The van der Waals surface area contributed by atoms with Crippen molar-refractivity contribution < 1.29 is 4.74 Å². The van der Waals surface area contributed by atoms with Crippen LogP contribution in [0.1, 0.15) is 37.6 Å². The van der Waals surface area contributed by atoms with Gasteiger partial charge in [-0.25, -0.2) is 4.99 Å². The maximum Gasteiger partial charge on any atom is 0.191 e. The van der Waals surface area contributed by atoms with Gasteiger partial charge in [-0.3, -0.25) is 0 Å². The van der Waals surface area contributed by atoms with Gasteiger partial charge in [0, 0.05) is 22.6 Å². The number of halogens is 1. The third kappa shape index (κ3) is 4.91. The summed E-state index contributed by atoms with van der Waals surface area (Å²) >= 11 is 13.2. The van der Waals surface area contributed by atoms with Crippen molar-refractivity contribution >= 4 is 40.1 Å². The monoisotopic (exact) mass is 393 g/mol. The number of hydrogen-bond acceptors (Lipinski definition) is 4. The van der Waals surface area contributed by atoms with E-state index >= 15 is 0 Å². The number of aryl methyl sites for hydroxylation is 1. The second-order valence-electron chi connectivity index (χ2n) is 6.49. The van der Waals surface area contributed by atoms with Crippen LogP contribution >= 0.6 is 35.2 Å². The van der Waals surface area contributed by atoms with Crippen molar-refractivity contribution in [3.8, 4) is 11.8 Å². The van der Waals surface area contributed by atoms with E-state index in [-0.39, 0.29) is 5.41 Å². The van der Waals surface area contributed by atoms with Crippen molar-refractivity contribution in [2.24, 2.45) is 4.99 Å². The van der Waals surface area contributed by atoms with E-state index in [1.165, 1.54) is 4.88 Å². The Bertz CT molecular complexity index is 885. The first-order valence-electron chi connectivity index (χ1n) is 7.76. The summed E-state index contributed by atoms with van der Waals surface area (Å²) in [5.41, 5.74) is 0.685. The van der Waals surface area contributed by atoms with Crippen LogP contribution in [0.15, 0.2) is 29.4 Å². The quantitative estimate of drug-likeness (QED) is 0.707. The highest BCUT2D eigenvalue weighted by molar-refractivity contribution is 7.80. The molecule has 7 heteroatoms. The minimum atomic E-state index is 0.00218. The summed E-state index contributed by atoms with van der Waals surface area (Å²) in [6, 6.07) is 7.46. The number of benzene rings is 1. The Balaban J connectivity index is 2.52. The van der Waals surface area contributed by atoms with Crippen LogP contribution in [0.4, 0.5) is 0 Å². The van der Waals surface area contributed by atoms with Crippen molar-refractivity contribution in [1.29, 1.82) is 5.26 Å². The number of nitrogens with zero attached hydrogens (tertiary/aromatic N) is 3. The molecule has 0 fully saturated rings. The maximum absolute atomic E-state index is 8.90. The zero-order chi connectivity index (χ0) is 18.6. The van der Waals surface area contributed by atoms with Gasteiger partial charge in [0.15, 0.2) is 4.80 Å². The molecule has 1 aromatic heterocycles. The van der Waals surface area contributed by atoms with Crippen LogP contribution in [0.3, 0.4) is 0 Å². The van der Waals surface area contributed by atoms with Gasteiger partial charge in [-0.05, 0) is 23.6 Å². The van der Waals surface area contributed by atoms with Crippen LogP contribution in [0.25, 0.3) is 0 Å². The summed E-state index contributed by atoms with van der Waals surface area (Å²) < 4.78 is 7.35. The highest BCUT2D eigenvalue weighted by Gasteiger charge is 2.18. The molecule has 0 atom stereocenters. The molecule has 2 rings (SSSR count). The highest BCUT2D eigenvalue weighted by atomic mass is 35.5. The van der Waals surface area contributed by atoms with Gasteiger partial charge in [0.2, 0.25) is 0 Å². The zero-order valence-electron chi connectivity index (χ0n) is 14.7. The summed E-state index contributed by atoms with van der Waals surface area (Å²) in [5, 5.41) is 9.47. The van der Waals surface area contributed by atoms with Crippen LogP contribution in [-0.2, 0) is 12.0 Å². The first-order valence-corrected chi connectivity index (χ1v) is 9.37. The number of thiazole rings is 1. The molecule has 1 heterocycles. The Kier molecular flexibility index (Phi) is 6.39. The van der Waals surface area contributed by atoms with E-state index in [0.29, 0.717) is 34.3 Å². The molecule has 0 unspecified atom stereocenters. The lowest BCUT2D eigenvalue weighted by Gasteiger charge is -2.14. The van der Waals surface area contributed by atoms with E-state index in [9.17, 15) is 0 Å². The van der Waals surface area contributed by atoms with Crippen molar-refractivity contribution in [3.05, 3.63) is 44.7 Å². The Labute approximate surface area is 162 Å². The average molecular weight is 394 g/mol. The highest BCUT2D eigenvalue weighted by Crippen LogP contribution is 2.26. The van der Waals surface area contributed by atoms with Crippen LogP contribution in [-0.4, -0.2) is 16.7 Å². The molecule has 0 saturated heterocycles. The van der Waals surface area contributed by atoms with E-state index in [0.717, 1.165) is 4.80 Å². The molecular weight excluding hydrogens is 374 g/mol. The zero-order valence-corrected chi connectivity index (χ0v) is 17.1. The Morgan fingerprint density at radius 3 is 2.76 bits per heavy atom. The second-order valence-corrected chi connectivity index (χ2v) is 8.32. The molecule has 0 aliphatic carbocycles. The lowest BCUT2D eigenvalue weighted by atomic mass is 9.95. The molecule has 0 aliphatic heterocycles. The van der Waals surface area contributed by atoms with Gasteiger partial charge in [-0.2, -0.15) is 5.26 Å². The van der Waals surface area contributed by atoms with Crippen LogP contribution in [0.5, 0.6) is 5.75 Å². The van der Waals surface area contributed by atoms with Crippen molar-refractivity contribution in [2.45, 2.75) is 39.2 Å². The summed E-state index contributed by atoms with van der Waals surface area (Å²) in [4.78, 5) is 7.00. The summed E-state index contributed by atoms with van der Waals surface area (Å²) in [6.45, 7) is 7.03. The molecule has 25 heavy (non-hydrogen) atoms. The number of nitriles is 1. The van der Waals surface area contributed by atoms with Crippen LogP contribution in [0.2, 0.25) is 5.02 Å². The third-order valence-electron chi connectivity index (χ3n) is 3.51. The fraction of sp³-hybridized carbons (Fsp3) is 0.389. The predicted octanol–water partition coefficient (Wildman–Crippen LogP) is 4.70. The first kappa shape index (κ1) is 19.6. The molecule has 0 N–H and O–H groups in total. The minimum absolute atomic E-state index is 0.00218. The second kappa shape index (κ2) is 8.13. The lowest BCUT2D eigenvalue weighted by molar-refractivity contribution is 0.414. The summed E-state index contributed by atoms with van der Waals surface area (Å²) in [5.74, 6) is 0.634. The fourth-order valence-electron chi connectivity index (χ4n) is 2.14. The normalized spacial score (nSPS) is 12.1. The van der Waals surface area contributed by atoms with Gasteiger partial charge < -0.3 is 9.30 Å². The van der Waals surface area contributed by atoms with Gasteiger partial charge in [0.1, 0.15) is 10.7 Å². The number of hydrogen-bond donors (Lipinski definition) is 0. The Morgan fingerprint density at radius 1 is 1.44 bits per heavy atom. The molecule has 132 valence electrons. The van der Waals surface area contributed by atoms with Crippen molar-refractivity contribution in [3.63, 3.8) is 0 Å². The van der Waals surface area contributed by atoms with Gasteiger partial charge in [0.25, 0.3) is 0 Å². The molecule has 0 bridgehead atoms. The minimum Gasteiger partial charge on any atom is -0.496 e. The number of aromatic nitrogens is 1. The number of ether oxygens (including phenoxy) is 1. The Morgan fingerprint density at radius 2 is 2.16 bits per heavy atom. The van der Waals surface area contributed by atoms with Gasteiger partial charge in [-0.1, -0.05) is 44.6 Å². The van der Waals surface area contributed by atoms with Crippen molar-refractivity contribution in [1.82, 2.24) is 4.57 Å². The molecular formula is C18H20ClN3OS2.